The highest BCUT2D eigenvalue weighted by atomic mass is 35.5. The number of aryl methyl sites for hydroxylation is 1. The van der Waals surface area contributed by atoms with Gasteiger partial charge in [-0.1, -0.05) is 17.7 Å². The van der Waals surface area contributed by atoms with Gasteiger partial charge in [0.15, 0.2) is 17.0 Å². The van der Waals surface area contributed by atoms with E-state index in [-0.39, 0.29) is 0 Å². The summed E-state index contributed by atoms with van der Waals surface area (Å²) < 4.78 is 1.97. The zero-order chi connectivity index (χ0) is 19.0. The summed E-state index contributed by atoms with van der Waals surface area (Å²) in [5.41, 5.74) is 1.30. The normalized spacial score (nSPS) is 20.2. The lowest BCUT2D eigenvalue weighted by atomic mass is 10.0. The number of aliphatic hydroxyl groups is 1. The molecule has 2 aromatic heterocycles. The molecular formula is C19H23ClN6O. The lowest BCUT2D eigenvalue weighted by molar-refractivity contribution is 0.0301. The molecule has 7 nitrogen and oxygen atoms in total. The Balaban J connectivity index is 1.83. The zero-order valence-corrected chi connectivity index (χ0v) is 16.2. The minimum Gasteiger partial charge on any atom is -0.371 e. The van der Waals surface area contributed by atoms with Crippen LogP contribution in [0.2, 0.25) is 5.02 Å². The fourth-order valence-corrected chi connectivity index (χ4v) is 3.69. The quantitative estimate of drug-likeness (QED) is 0.707. The van der Waals surface area contributed by atoms with Gasteiger partial charge in [0.05, 0.1) is 6.33 Å². The van der Waals surface area contributed by atoms with Crippen LogP contribution in [0.4, 0.5) is 17.5 Å². The van der Waals surface area contributed by atoms with Crippen molar-refractivity contribution in [3.63, 3.8) is 0 Å². The molecule has 8 heteroatoms. The lowest BCUT2D eigenvalue weighted by Gasteiger charge is -2.40. The molecule has 1 unspecified atom stereocenters. The summed E-state index contributed by atoms with van der Waals surface area (Å²) in [4.78, 5) is 15.8. The van der Waals surface area contributed by atoms with E-state index in [0.717, 1.165) is 37.3 Å². The van der Waals surface area contributed by atoms with Crippen LogP contribution >= 0.6 is 11.6 Å². The van der Waals surface area contributed by atoms with Crippen molar-refractivity contribution in [3.05, 3.63) is 35.6 Å². The molecule has 27 heavy (non-hydrogen) atoms. The van der Waals surface area contributed by atoms with Gasteiger partial charge in [-0.2, -0.15) is 9.97 Å². The summed E-state index contributed by atoms with van der Waals surface area (Å²) in [7, 11) is 0. The molecule has 1 fully saturated rings. The molecule has 0 saturated carbocycles. The molecule has 3 heterocycles. The van der Waals surface area contributed by atoms with Crippen molar-refractivity contribution in [2.75, 3.05) is 16.8 Å². The maximum absolute atomic E-state index is 10.8. The van der Waals surface area contributed by atoms with E-state index in [9.17, 15) is 5.11 Å². The van der Waals surface area contributed by atoms with Gasteiger partial charge in [0.2, 0.25) is 5.95 Å². The van der Waals surface area contributed by atoms with E-state index in [4.69, 9.17) is 21.6 Å². The molecule has 0 spiro atoms. The molecule has 0 radical (unpaired) electrons. The predicted octanol–water partition coefficient (Wildman–Crippen LogP) is 3.94. The maximum atomic E-state index is 10.8. The molecule has 0 amide bonds. The van der Waals surface area contributed by atoms with E-state index in [2.05, 4.69) is 10.3 Å². The van der Waals surface area contributed by atoms with Crippen molar-refractivity contribution >= 4 is 40.2 Å². The Morgan fingerprint density at radius 3 is 2.89 bits per heavy atom. The number of imidazole rings is 1. The van der Waals surface area contributed by atoms with Crippen molar-refractivity contribution in [1.82, 2.24) is 19.5 Å². The number of fused-ring (bicyclic) bond motifs is 1. The topological polar surface area (TPSA) is 79.1 Å². The predicted molar refractivity (Wildman–Crippen MR) is 108 cm³/mol. The highest BCUT2D eigenvalue weighted by molar-refractivity contribution is 6.30. The first-order valence-electron chi connectivity index (χ1n) is 9.23. The van der Waals surface area contributed by atoms with Crippen LogP contribution in [0, 0.1) is 0 Å². The highest BCUT2D eigenvalue weighted by Gasteiger charge is 2.34. The van der Waals surface area contributed by atoms with Gasteiger partial charge in [0.1, 0.15) is 5.72 Å². The number of nitrogens with one attached hydrogen (secondary N) is 1. The standard InChI is InChI=1S/C19H23ClN6O/c1-3-25-12-21-15-16(22-14-8-6-7-13(20)11-14)23-18(24-17(15)25)26-10-5-4-9-19(26,2)27/h6-8,11-12,27H,3-5,9-10H2,1-2H3,(H,22,23,24). The third-order valence-electron chi connectivity index (χ3n) is 4.99. The van der Waals surface area contributed by atoms with Gasteiger partial charge >= 0.3 is 0 Å². The molecule has 0 bridgehead atoms. The van der Waals surface area contributed by atoms with Crippen molar-refractivity contribution < 1.29 is 5.11 Å². The van der Waals surface area contributed by atoms with Crippen molar-refractivity contribution in [2.45, 2.75) is 45.4 Å². The van der Waals surface area contributed by atoms with E-state index in [1.165, 1.54) is 0 Å². The van der Waals surface area contributed by atoms with E-state index in [0.29, 0.717) is 28.7 Å². The Labute approximate surface area is 163 Å². The number of benzene rings is 1. The average molecular weight is 387 g/mol. The summed E-state index contributed by atoms with van der Waals surface area (Å²) in [5.74, 6) is 1.11. The van der Waals surface area contributed by atoms with E-state index in [1.807, 2.05) is 47.6 Å². The second-order valence-electron chi connectivity index (χ2n) is 7.04. The summed E-state index contributed by atoms with van der Waals surface area (Å²) in [6, 6.07) is 7.46. The van der Waals surface area contributed by atoms with Gasteiger partial charge in [-0.25, -0.2) is 4.98 Å². The molecule has 0 aliphatic carbocycles. The van der Waals surface area contributed by atoms with Crippen molar-refractivity contribution in [3.8, 4) is 0 Å². The number of anilines is 3. The first kappa shape index (κ1) is 18.0. The van der Waals surface area contributed by atoms with Crippen LogP contribution in [0.15, 0.2) is 30.6 Å². The minimum atomic E-state index is -0.962. The largest absolute Gasteiger partial charge is 0.371 e. The first-order valence-corrected chi connectivity index (χ1v) is 9.61. The van der Waals surface area contributed by atoms with Crippen LogP contribution in [0.5, 0.6) is 0 Å². The first-order chi connectivity index (χ1) is 13.0. The van der Waals surface area contributed by atoms with Crippen LogP contribution in [-0.4, -0.2) is 36.9 Å². The van der Waals surface area contributed by atoms with Gasteiger partial charge in [0, 0.05) is 23.8 Å². The number of halogens is 1. The molecule has 2 N–H and O–H groups in total. The molecule has 1 atom stereocenters. The van der Waals surface area contributed by atoms with Crippen LogP contribution < -0.4 is 10.2 Å². The number of hydrogen-bond acceptors (Lipinski definition) is 6. The van der Waals surface area contributed by atoms with Crippen LogP contribution in [0.1, 0.15) is 33.1 Å². The maximum Gasteiger partial charge on any atom is 0.231 e. The SMILES string of the molecule is CCn1cnc2c(Nc3cccc(Cl)c3)nc(N3CCCCC3(C)O)nc21. The number of hydrogen-bond donors (Lipinski definition) is 2. The molecule has 142 valence electrons. The second kappa shape index (κ2) is 6.98. The van der Waals surface area contributed by atoms with Gasteiger partial charge in [-0.15, -0.1) is 0 Å². The molecule has 1 aliphatic heterocycles. The smallest absolute Gasteiger partial charge is 0.231 e. The Bertz CT molecular complexity index is 970. The van der Waals surface area contributed by atoms with E-state index >= 15 is 0 Å². The van der Waals surface area contributed by atoms with Crippen LogP contribution in [-0.2, 0) is 6.54 Å². The van der Waals surface area contributed by atoms with Crippen molar-refractivity contribution in [2.24, 2.45) is 0 Å². The second-order valence-corrected chi connectivity index (χ2v) is 7.47. The monoisotopic (exact) mass is 386 g/mol. The summed E-state index contributed by atoms with van der Waals surface area (Å²) in [6.45, 7) is 5.33. The van der Waals surface area contributed by atoms with E-state index in [1.54, 1.807) is 6.33 Å². The molecule has 4 rings (SSSR count). The lowest BCUT2D eigenvalue weighted by Crippen LogP contribution is -2.50. The van der Waals surface area contributed by atoms with Gasteiger partial charge < -0.3 is 19.9 Å². The van der Waals surface area contributed by atoms with Crippen LogP contribution in [0.25, 0.3) is 11.2 Å². The third-order valence-corrected chi connectivity index (χ3v) is 5.22. The Hall–Kier alpha value is -2.38. The molecule has 1 aromatic carbocycles. The number of nitrogens with zero attached hydrogens (tertiary/aromatic N) is 5. The fourth-order valence-electron chi connectivity index (χ4n) is 3.50. The summed E-state index contributed by atoms with van der Waals surface area (Å²) in [6.07, 6.45) is 4.45. The highest BCUT2D eigenvalue weighted by Crippen LogP contribution is 2.32. The van der Waals surface area contributed by atoms with E-state index < -0.39 is 5.72 Å². The summed E-state index contributed by atoms with van der Waals surface area (Å²) in [5, 5.41) is 14.8. The Kier molecular flexibility index (Phi) is 4.65. The summed E-state index contributed by atoms with van der Waals surface area (Å²) >= 11 is 6.11. The number of aromatic nitrogens is 4. The molecule has 1 saturated heterocycles. The minimum absolute atomic E-state index is 0.506. The van der Waals surface area contributed by atoms with Gasteiger partial charge in [0.25, 0.3) is 0 Å². The Morgan fingerprint density at radius 1 is 1.30 bits per heavy atom. The Morgan fingerprint density at radius 2 is 2.15 bits per heavy atom. The molecular weight excluding hydrogens is 364 g/mol. The molecule has 3 aromatic rings. The average Bonchev–Trinajstić information content (AvgIpc) is 3.04. The van der Waals surface area contributed by atoms with Crippen LogP contribution in [0.3, 0.4) is 0 Å². The van der Waals surface area contributed by atoms with Gasteiger partial charge in [-0.05, 0) is 51.3 Å². The third kappa shape index (κ3) is 3.44. The van der Waals surface area contributed by atoms with Crippen molar-refractivity contribution in [1.29, 1.82) is 0 Å². The fraction of sp³-hybridized carbons (Fsp3) is 0.421. The number of piperidine rings is 1. The van der Waals surface area contributed by atoms with Gasteiger partial charge in [-0.3, -0.25) is 0 Å². The molecule has 1 aliphatic rings. The zero-order valence-electron chi connectivity index (χ0n) is 15.5. The number of rotatable bonds is 4.